The number of carbonyl (C=O) groups excluding carboxylic acids is 1. The largest absolute Gasteiger partial charge is 0.497 e. The van der Waals surface area contributed by atoms with E-state index in [-0.39, 0.29) is 6.03 Å². The third-order valence-electron chi connectivity index (χ3n) is 3.94. The molecule has 0 aliphatic heterocycles. The van der Waals surface area contributed by atoms with Gasteiger partial charge in [0.15, 0.2) is 0 Å². The van der Waals surface area contributed by atoms with Crippen molar-refractivity contribution in [3.63, 3.8) is 0 Å². The molecule has 2 aromatic carbocycles. The first-order valence-electron chi connectivity index (χ1n) is 7.18. The molecular weight excluding hydrogens is 278 g/mol. The molecule has 0 radical (unpaired) electrons. The molecule has 0 fully saturated rings. The standard InChI is InChI=1S/C17H19N3O2/c1-11-5-4-6-12(2)14(11)10-18-17(21)20-16-8-7-13(22-3)9-15(16)19-20/h4-9,19H,10H2,1-3H3,(H,18,21). The van der Waals surface area contributed by atoms with E-state index in [4.69, 9.17) is 4.74 Å². The minimum atomic E-state index is -0.166. The third kappa shape index (κ3) is 2.45. The number of hydrogen-bond donors (Lipinski definition) is 2. The Morgan fingerprint density at radius 1 is 1.23 bits per heavy atom. The number of benzene rings is 2. The lowest BCUT2D eigenvalue weighted by atomic mass is 10.0. The Labute approximate surface area is 128 Å². The van der Waals surface area contributed by atoms with Crippen molar-refractivity contribution in [2.75, 3.05) is 7.11 Å². The van der Waals surface area contributed by atoms with Gasteiger partial charge in [0.25, 0.3) is 0 Å². The smallest absolute Gasteiger partial charge is 0.341 e. The number of H-pyrrole nitrogens is 1. The van der Waals surface area contributed by atoms with Crippen molar-refractivity contribution in [3.05, 3.63) is 53.1 Å². The molecule has 5 nitrogen and oxygen atoms in total. The number of hydrogen-bond acceptors (Lipinski definition) is 2. The lowest BCUT2D eigenvalue weighted by Crippen LogP contribution is -2.32. The van der Waals surface area contributed by atoms with Gasteiger partial charge in [0.1, 0.15) is 5.75 Å². The fourth-order valence-corrected chi connectivity index (χ4v) is 2.59. The van der Waals surface area contributed by atoms with Gasteiger partial charge < -0.3 is 10.1 Å². The van der Waals surface area contributed by atoms with E-state index < -0.39 is 0 Å². The number of aromatic nitrogens is 2. The van der Waals surface area contributed by atoms with Gasteiger partial charge in [0, 0.05) is 12.6 Å². The van der Waals surface area contributed by atoms with Crippen LogP contribution in [0.25, 0.3) is 11.0 Å². The number of nitrogens with zero attached hydrogens (tertiary/aromatic N) is 1. The molecule has 0 unspecified atom stereocenters. The number of ether oxygens (including phenoxy) is 1. The zero-order chi connectivity index (χ0) is 15.7. The zero-order valence-corrected chi connectivity index (χ0v) is 12.9. The predicted octanol–water partition coefficient (Wildman–Crippen LogP) is 3.35. The first-order valence-corrected chi connectivity index (χ1v) is 7.18. The lowest BCUT2D eigenvalue weighted by molar-refractivity contribution is 0.239. The van der Waals surface area contributed by atoms with Crippen LogP contribution < -0.4 is 10.1 Å². The summed E-state index contributed by atoms with van der Waals surface area (Å²) in [6.07, 6.45) is 0. The third-order valence-corrected chi connectivity index (χ3v) is 3.94. The number of aryl methyl sites for hydroxylation is 2. The van der Waals surface area contributed by atoms with E-state index in [1.807, 2.05) is 24.3 Å². The first kappa shape index (κ1) is 14.3. The minimum absolute atomic E-state index is 0.166. The fourth-order valence-electron chi connectivity index (χ4n) is 2.59. The highest BCUT2D eigenvalue weighted by Crippen LogP contribution is 2.21. The summed E-state index contributed by atoms with van der Waals surface area (Å²) >= 11 is 0. The average Bonchev–Trinajstić information content (AvgIpc) is 2.48. The number of rotatable bonds is 3. The number of carbonyl (C=O) groups is 1. The Kier molecular flexibility index (Phi) is 3.63. The van der Waals surface area contributed by atoms with E-state index in [0.29, 0.717) is 6.54 Å². The predicted molar refractivity (Wildman–Crippen MR) is 86.4 cm³/mol. The van der Waals surface area contributed by atoms with Gasteiger partial charge >= 0.3 is 6.03 Å². The molecule has 3 rings (SSSR count). The van der Waals surface area contributed by atoms with E-state index in [1.165, 1.54) is 15.8 Å². The first-order chi connectivity index (χ1) is 10.6. The number of nitrogens with one attached hydrogen (secondary N) is 2. The number of fused-ring (bicyclic) bond motifs is 1. The molecule has 0 atom stereocenters. The Hall–Kier alpha value is -2.69. The van der Waals surface area contributed by atoms with Crippen LogP contribution in [0.2, 0.25) is 0 Å². The molecule has 0 aliphatic carbocycles. The Bertz CT molecular complexity index is 809. The van der Waals surface area contributed by atoms with Gasteiger partial charge in [0.05, 0.1) is 18.1 Å². The summed E-state index contributed by atoms with van der Waals surface area (Å²) in [7, 11) is 1.62. The molecule has 1 heterocycles. The normalized spacial score (nSPS) is 10.9. The van der Waals surface area contributed by atoms with Crippen LogP contribution in [-0.4, -0.2) is 22.9 Å². The Morgan fingerprint density at radius 3 is 2.59 bits per heavy atom. The van der Waals surface area contributed by atoms with Crippen LogP contribution in [0.4, 0.5) is 4.79 Å². The van der Waals surface area contributed by atoms with E-state index in [1.54, 1.807) is 7.11 Å². The van der Waals surface area contributed by atoms with Gasteiger partial charge in [-0.3, -0.25) is 5.10 Å². The van der Waals surface area contributed by atoms with Crippen molar-refractivity contribution >= 4 is 17.1 Å². The van der Waals surface area contributed by atoms with Crippen LogP contribution in [0.1, 0.15) is 16.7 Å². The maximum Gasteiger partial charge on any atom is 0.341 e. The van der Waals surface area contributed by atoms with E-state index in [2.05, 4.69) is 36.4 Å². The van der Waals surface area contributed by atoms with Gasteiger partial charge in [-0.25, -0.2) is 9.48 Å². The quantitative estimate of drug-likeness (QED) is 0.779. The van der Waals surface area contributed by atoms with Crippen molar-refractivity contribution in [3.8, 4) is 5.75 Å². The van der Waals surface area contributed by atoms with Crippen molar-refractivity contribution in [1.29, 1.82) is 0 Å². The van der Waals surface area contributed by atoms with Crippen LogP contribution >= 0.6 is 0 Å². The maximum atomic E-state index is 12.3. The molecule has 5 heteroatoms. The Morgan fingerprint density at radius 2 is 1.95 bits per heavy atom. The molecule has 0 saturated carbocycles. The second-order valence-corrected chi connectivity index (χ2v) is 5.36. The summed E-state index contributed by atoms with van der Waals surface area (Å²) in [6, 6.07) is 11.5. The van der Waals surface area contributed by atoms with Gasteiger partial charge in [-0.2, -0.15) is 0 Å². The maximum absolute atomic E-state index is 12.3. The van der Waals surface area contributed by atoms with Crippen LogP contribution in [-0.2, 0) is 6.54 Å². The highest BCUT2D eigenvalue weighted by molar-refractivity contribution is 5.91. The topological polar surface area (TPSA) is 59.0 Å². The highest BCUT2D eigenvalue weighted by atomic mass is 16.5. The summed E-state index contributed by atoms with van der Waals surface area (Å²) in [6.45, 7) is 4.62. The summed E-state index contributed by atoms with van der Waals surface area (Å²) in [5, 5.41) is 5.95. The van der Waals surface area contributed by atoms with E-state index >= 15 is 0 Å². The molecule has 0 spiro atoms. The van der Waals surface area contributed by atoms with Crippen molar-refractivity contribution in [1.82, 2.24) is 15.1 Å². The number of methoxy groups -OCH3 is 1. The van der Waals surface area contributed by atoms with Crippen molar-refractivity contribution < 1.29 is 9.53 Å². The monoisotopic (exact) mass is 297 g/mol. The second-order valence-electron chi connectivity index (χ2n) is 5.36. The van der Waals surface area contributed by atoms with Crippen LogP contribution in [0, 0.1) is 13.8 Å². The summed E-state index contributed by atoms with van der Waals surface area (Å²) in [5.41, 5.74) is 5.26. The van der Waals surface area contributed by atoms with E-state index in [9.17, 15) is 4.79 Å². The van der Waals surface area contributed by atoms with Gasteiger partial charge in [0.2, 0.25) is 0 Å². The van der Waals surface area contributed by atoms with Crippen LogP contribution in [0.5, 0.6) is 5.75 Å². The summed E-state index contributed by atoms with van der Waals surface area (Å²) in [4.78, 5) is 12.3. The fraction of sp³-hybridized carbons (Fsp3) is 0.235. The number of amides is 1. The highest BCUT2D eigenvalue weighted by Gasteiger charge is 2.13. The molecule has 2 N–H and O–H groups in total. The molecule has 0 bridgehead atoms. The number of aromatic amines is 1. The summed E-state index contributed by atoms with van der Waals surface area (Å²) in [5.74, 6) is 0.766. The SMILES string of the molecule is COc1ccc2c(c1)[nH]n2C(=O)NCc1c(C)cccc1C. The summed E-state index contributed by atoms with van der Waals surface area (Å²) < 4.78 is 6.65. The van der Waals surface area contributed by atoms with Crippen LogP contribution in [0.3, 0.4) is 0 Å². The Balaban J connectivity index is 1.74. The molecule has 0 aliphatic rings. The molecule has 3 aromatic rings. The average molecular weight is 297 g/mol. The van der Waals surface area contributed by atoms with Gasteiger partial charge in [-0.05, 0) is 42.7 Å². The molecular formula is C17H19N3O2. The minimum Gasteiger partial charge on any atom is -0.497 e. The zero-order valence-electron chi connectivity index (χ0n) is 12.9. The van der Waals surface area contributed by atoms with E-state index in [0.717, 1.165) is 22.3 Å². The lowest BCUT2D eigenvalue weighted by Gasteiger charge is -2.17. The van der Waals surface area contributed by atoms with Crippen LogP contribution in [0.15, 0.2) is 36.4 Å². The van der Waals surface area contributed by atoms with Crippen molar-refractivity contribution in [2.24, 2.45) is 0 Å². The molecule has 1 amide bonds. The molecule has 22 heavy (non-hydrogen) atoms. The molecule has 0 saturated heterocycles. The van der Waals surface area contributed by atoms with Gasteiger partial charge in [-0.15, -0.1) is 0 Å². The van der Waals surface area contributed by atoms with Gasteiger partial charge in [-0.1, -0.05) is 18.2 Å². The second kappa shape index (κ2) is 5.60. The van der Waals surface area contributed by atoms with Crippen molar-refractivity contribution in [2.45, 2.75) is 20.4 Å². The molecule has 1 aromatic heterocycles. The molecule has 114 valence electrons.